The van der Waals surface area contributed by atoms with Gasteiger partial charge < -0.3 is 59.9 Å². The molecule has 13 atom stereocenters. The number of carbonyl (C=O) groups excluding carboxylic acids is 2. The number of ether oxygens (including phenoxy) is 2. The molecule has 21 heteroatoms. The molecule has 70 heavy (non-hydrogen) atoms. The standard InChI is InChI=1S/C49H88O19P2/c1-3-5-7-8-9-10-11-12-13-14-15-16-17-18-19-20-25-29-42(53)64-34-37-35-65-70(62,63)68-49-47(58)46(57)44(55)38(28-24-21-22-26-30-43(54)66-37)40(51)33-41(52)39(32-31-36(50)27-23-6-4-2)45(56)48(49)67-69(59,60)61/h9-10,12-13,31-32,36-41,44-52,55-58H,3-8,11,14-30,33-35H2,1-2H3,(H,62,63)(H2,59,60,61)/b10-9-,13-12-,32-31?/t36-,37+,38-,39-,40-,41+,44+,45+,46-,47+,48+,49-/m0/s1. The highest BCUT2D eigenvalue weighted by Crippen LogP contribution is 2.50. The molecule has 0 amide bonds. The number of aliphatic hydroxyl groups is 7. The maximum absolute atomic E-state index is 13.7. The lowest BCUT2D eigenvalue weighted by Crippen LogP contribution is -2.56. The summed E-state index contributed by atoms with van der Waals surface area (Å²) < 4.78 is 52.3. The van der Waals surface area contributed by atoms with Crippen LogP contribution in [0.4, 0.5) is 0 Å². The molecule has 0 spiro atoms. The second-order valence-electron chi connectivity index (χ2n) is 18.9. The van der Waals surface area contributed by atoms with Gasteiger partial charge in [0.25, 0.3) is 0 Å². The summed E-state index contributed by atoms with van der Waals surface area (Å²) in [7, 11) is -11.4. The minimum Gasteiger partial charge on any atom is -0.462 e. The Labute approximate surface area is 415 Å². The van der Waals surface area contributed by atoms with E-state index in [9.17, 15) is 69.1 Å². The monoisotopic (exact) mass is 1040 g/mol. The van der Waals surface area contributed by atoms with Crippen molar-refractivity contribution in [3.8, 4) is 0 Å². The first-order valence-corrected chi connectivity index (χ1v) is 28.8. The Morgan fingerprint density at radius 1 is 0.786 bits per heavy atom. The molecule has 10 N–H and O–H groups in total. The van der Waals surface area contributed by atoms with E-state index < -0.39 is 120 Å². The molecule has 2 aliphatic rings. The zero-order valence-corrected chi connectivity index (χ0v) is 43.3. The number of phosphoric acid groups is 2. The quantitative estimate of drug-likeness (QED) is 0.0187. The number of rotatable bonds is 26. The highest BCUT2D eigenvalue weighted by Gasteiger charge is 2.51. The van der Waals surface area contributed by atoms with Gasteiger partial charge in [0.2, 0.25) is 0 Å². The number of hydrogen-bond donors (Lipinski definition) is 10. The molecule has 1 aliphatic carbocycles. The van der Waals surface area contributed by atoms with Gasteiger partial charge in [-0.25, -0.2) is 9.13 Å². The first-order valence-electron chi connectivity index (χ1n) is 25.8. The van der Waals surface area contributed by atoms with Crippen LogP contribution in [0.15, 0.2) is 36.5 Å². The molecule has 1 heterocycles. The number of allylic oxidation sites excluding steroid dienone is 4. The first-order chi connectivity index (χ1) is 33.3. The van der Waals surface area contributed by atoms with E-state index in [-0.39, 0.29) is 25.7 Å². The molecule has 2 bridgehead atoms. The van der Waals surface area contributed by atoms with Crippen LogP contribution in [0, 0.1) is 11.8 Å². The number of carbonyl (C=O) groups is 2. The zero-order chi connectivity index (χ0) is 52.0. The minimum absolute atomic E-state index is 0.0264. The van der Waals surface area contributed by atoms with E-state index in [1.165, 1.54) is 25.3 Å². The van der Waals surface area contributed by atoms with Crippen molar-refractivity contribution in [2.24, 2.45) is 11.8 Å². The van der Waals surface area contributed by atoms with Crippen molar-refractivity contribution in [2.45, 2.75) is 235 Å². The van der Waals surface area contributed by atoms with Crippen LogP contribution in [-0.2, 0) is 41.8 Å². The molecular formula is C49H88O19P2. The number of fused-ring (bicyclic) bond motifs is 4. The van der Waals surface area contributed by atoms with Gasteiger partial charge in [-0.05, 0) is 57.8 Å². The minimum atomic E-state index is -5.76. The number of hydrogen-bond acceptors (Lipinski definition) is 16. The SMILES string of the molecule is CCCCC/C=C\C/C=C\CCCCCCCCCC(=O)OC[C@@H]1COP(=O)(O)O[C@H]2[C@H](O)[C@@H](O)[C@H](O)[C@@H](CCCCCCC(=O)O1)[C@@H](O)C[C@@H](O)[C@H](C=C[C@@H](O)CCCCC)[C@@H](O)[C@H]2OP(=O)(O)O. The summed E-state index contributed by atoms with van der Waals surface area (Å²) in [5.41, 5.74) is 0. The Hall–Kier alpha value is -1.90. The number of unbranched alkanes of at least 4 members (excludes halogenated alkanes) is 12. The third kappa shape index (κ3) is 27.4. The van der Waals surface area contributed by atoms with Crippen LogP contribution in [-0.4, -0.2) is 137 Å². The van der Waals surface area contributed by atoms with Gasteiger partial charge in [-0.3, -0.25) is 23.2 Å². The lowest BCUT2D eigenvalue weighted by molar-refractivity contribution is -0.166. The molecule has 0 aromatic rings. The predicted octanol–water partition coefficient (Wildman–Crippen LogP) is 6.67. The predicted molar refractivity (Wildman–Crippen MR) is 262 cm³/mol. The van der Waals surface area contributed by atoms with Gasteiger partial charge in [0.1, 0.15) is 31.0 Å². The van der Waals surface area contributed by atoms with E-state index in [0.29, 0.717) is 38.5 Å². The topological polar surface area (TPSA) is 317 Å². The van der Waals surface area contributed by atoms with Crippen LogP contribution in [0.1, 0.15) is 174 Å². The molecule has 1 saturated carbocycles. The fourth-order valence-electron chi connectivity index (χ4n) is 8.67. The van der Waals surface area contributed by atoms with Crippen molar-refractivity contribution < 1.29 is 92.2 Å². The maximum atomic E-state index is 13.7. The molecule has 1 saturated heterocycles. The summed E-state index contributed by atoms with van der Waals surface area (Å²) in [4.78, 5) is 56.8. The fourth-order valence-corrected chi connectivity index (χ4v) is 10.2. The average Bonchev–Trinajstić information content (AvgIpc) is 3.30. The van der Waals surface area contributed by atoms with Gasteiger partial charge in [-0.2, -0.15) is 0 Å². The van der Waals surface area contributed by atoms with Gasteiger partial charge in [-0.1, -0.05) is 134 Å². The highest BCUT2D eigenvalue weighted by molar-refractivity contribution is 7.47. The van der Waals surface area contributed by atoms with E-state index in [2.05, 4.69) is 31.2 Å². The highest BCUT2D eigenvalue weighted by atomic mass is 31.2. The van der Waals surface area contributed by atoms with E-state index in [0.717, 1.165) is 76.7 Å². The molecule has 0 aromatic heterocycles. The van der Waals surface area contributed by atoms with Crippen LogP contribution in [0.5, 0.6) is 0 Å². The Morgan fingerprint density at radius 3 is 2.06 bits per heavy atom. The Kier molecular flexibility index (Phi) is 33.1. The lowest BCUT2D eigenvalue weighted by atomic mass is 9.82. The summed E-state index contributed by atoms with van der Waals surface area (Å²) in [5, 5.41) is 79.8. The Bertz CT molecular complexity index is 1610. The van der Waals surface area contributed by atoms with Crippen molar-refractivity contribution in [3.05, 3.63) is 36.5 Å². The van der Waals surface area contributed by atoms with Crippen LogP contribution >= 0.6 is 15.6 Å². The molecule has 0 aromatic carbocycles. The largest absolute Gasteiger partial charge is 0.472 e. The first kappa shape index (κ1) is 64.2. The molecule has 2 fully saturated rings. The lowest BCUT2D eigenvalue weighted by Gasteiger charge is -2.39. The van der Waals surface area contributed by atoms with Gasteiger partial charge >= 0.3 is 27.6 Å². The van der Waals surface area contributed by atoms with Crippen LogP contribution in [0.25, 0.3) is 0 Å². The summed E-state index contributed by atoms with van der Waals surface area (Å²) in [6, 6.07) is 0. The van der Waals surface area contributed by atoms with Crippen molar-refractivity contribution in [3.63, 3.8) is 0 Å². The van der Waals surface area contributed by atoms with Gasteiger partial charge in [0.05, 0.1) is 37.1 Å². The normalized spacial score (nSPS) is 31.1. The molecular weight excluding hydrogens is 954 g/mol. The van der Waals surface area contributed by atoms with E-state index in [1.807, 2.05) is 6.92 Å². The van der Waals surface area contributed by atoms with Gasteiger partial charge in [0.15, 0.2) is 6.10 Å². The van der Waals surface area contributed by atoms with Gasteiger partial charge in [-0.15, -0.1) is 0 Å². The summed E-state index contributed by atoms with van der Waals surface area (Å²) in [6.45, 7) is 2.59. The summed E-state index contributed by atoms with van der Waals surface area (Å²) in [6.07, 6.45) is 7.24. The van der Waals surface area contributed by atoms with E-state index in [4.69, 9.17) is 23.0 Å². The molecule has 1 unspecified atom stereocenters. The average molecular weight is 1040 g/mol. The van der Waals surface area contributed by atoms with Gasteiger partial charge in [0, 0.05) is 31.1 Å². The zero-order valence-electron chi connectivity index (χ0n) is 41.5. The van der Waals surface area contributed by atoms with Crippen molar-refractivity contribution in [2.75, 3.05) is 13.2 Å². The third-order valence-electron chi connectivity index (χ3n) is 12.8. The van der Waals surface area contributed by atoms with Crippen LogP contribution in [0.2, 0.25) is 0 Å². The fraction of sp³-hybridized carbons (Fsp3) is 0.837. The molecule has 0 radical (unpaired) electrons. The molecule has 1 aliphatic heterocycles. The van der Waals surface area contributed by atoms with Crippen molar-refractivity contribution in [1.82, 2.24) is 0 Å². The van der Waals surface area contributed by atoms with E-state index >= 15 is 0 Å². The Balaban J connectivity index is 2.23. The second-order valence-corrected chi connectivity index (χ2v) is 21.5. The number of esters is 2. The second kappa shape index (κ2) is 36.1. The number of aliphatic hydroxyl groups excluding tert-OH is 7. The van der Waals surface area contributed by atoms with Crippen LogP contribution in [0.3, 0.4) is 0 Å². The molecule has 2 rings (SSSR count). The molecule has 408 valence electrons. The smallest absolute Gasteiger partial charge is 0.462 e. The maximum Gasteiger partial charge on any atom is 0.472 e. The van der Waals surface area contributed by atoms with Crippen molar-refractivity contribution >= 4 is 27.6 Å². The number of phosphoric ester groups is 2. The van der Waals surface area contributed by atoms with Crippen LogP contribution < -0.4 is 0 Å². The molecule has 19 nitrogen and oxygen atoms in total. The van der Waals surface area contributed by atoms with Crippen molar-refractivity contribution in [1.29, 1.82) is 0 Å². The Morgan fingerprint density at radius 2 is 1.40 bits per heavy atom. The number of cyclic esters (lactones) is 1. The summed E-state index contributed by atoms with van der Waals surface area (Å²) in [5.74, 6) is -4.36. The summed E-state index contributed by atoms with van der Waals surface area (Å²) >= 11 is 0. The van der Waals surface area contributed by atoms with E-state index in [1.54, 1.807) is 0 Å². The third-order valence-corrected chi connectivity index (χ3v) is 14.3.